The molecule has 6 nitrogen and oxygen atoms in total. The molecule has 30 heavy (non-hydrogen) atoms. The van der Waals surface area contributed by atoms with Crippen LogP contribution < -0.4 is 19.8 Å². The number of ether oxygens (including phenoxy) is 3. The van der Waals surface area contributed by atoms with Gasteiger partial charge in [0, 0.05) is 24.4 Å². The minimum atomic E-state index is -0.982. The Morgan fingerprint density at radius 3 is 2.50 bits per heavy atom. The molecular weight excluding hydrogens is 389 g/mol. The van der Waals surface area contributed by atoms with Gasteiger partial charge in [-0.2, -0.15) is 0 Å². The largest absolute Gasteiger partial charge is 0.493 e. The molecule has 0 aliphatic heterocycles. The highest BCUT2D eigenvalue weighted by Gasteiger charge is 2.16. The molecule has 0 unspecified atom stereocenters. The highest BCUT2D eigenvalue weighted by atomic mass is 19.1. The average Bonchev–Trinajstić information content (AvgIpc) is 2.70. The van der Waals surface area contributed by atoms with E-state index in [1.165, 1.54) is 29.9 Å². The summed E-state index contributed by atoms with van der Waals surface area (Å²) in [4.78, 5) is 12.6. The molecular formula is C23H24FNO5. The van der Waals surface area contributed by atoms with Gasteiger partial charge in [0.25, 0.3) is 5.56 Å². The summed E-state index contributed by atoms with van der Waals surface area (Å²) >= 11 is 0. The molecule has 1 heterocycles. The van der Waals surface area contributed by atoms with Crippen LogP contribution in [0.4, 0.5) is 4.39 Å². The van der Waals surface area contributed by atoms with Gasteiger partial charge >= 0.3 is 0 Å². The van der Waals surface area contributed by atoms with Crippen LogP contribution in [0, 0.1) is 5.82 Å². The van der Waals surface area contributed by atoms with Crippen LogP contribution in [-0.4, -0.2) is 29.0 Å². The van der Waals surface area contributed by atoms with Crippen molar-refractivity contribution in [3.05, 3.63) is 82.5 Å². The Morgan fingerprint density at radius 1 is 1.03 bits per heavy atom. The van der Waals surface area contributed by atoms with E-state index < -0.39 is 5.60 Å². The molecule has 0 atom stereocenters. The molecule has 3 rings (SSSR count). The maximum absolute atomic E-state index is 13.2. The maximum atomic E-state index is 13.2. The van der Waals surface area contributed by atoms with E-state index >= 15 is 0 Å². The molecule has 0 saturated carbocycles. The van der Waals surface area contributed by atoms with Gasteiger partial charge in [0.05, 0.1) is 18.4 Å². The normalized spacial score (nSPS) is 11.2. The number of aliphatic hydroxyl groups is 1. The lowest BCUT2D eigenvalue weighted by Crippen LogP contribution is -2.28. The second-order valence-electron chi connectivity index (χ2n) is 7.43. The van der Waals surface area contributed by atoms with E-state index in [1.54, 1.807) is 56.4 Å². The van der Waals surface area contributed by atoms with Gasteiger partial charge in [0.2, 0.25) is 0 Å². The number of nitrogens with zero attached hydrogens (tertiary/aromatic N) is 1. The molecule has 0 spiro atoms. The molecule has 2 aromatic carbocycles. The Labute approximate surface area is 174 Å². The number of aromatic nitrogens is 1. The molecule has 0 saturated heterocycles. The summed E-state index contributed by atoms with van der Waals surface area (Å²) in [5.41, 5.74) is 0.0366. The van der Waals surface area contributed by atoms with Gasteiger partial charge in [-0.1, -0.05) is 6.07 Å². The molecule has 1 N–H and O–H groups in total. The average molecular weight is 413 g/mol. The number of halogens is 1. The molecule has 0 radical (unpaired) electrons. The molecule has 0 bridgehead atoms. The van der Waals surface area contributed by atoms with Crippen LogP contribution in [-0.2, 0) is 6.61 Å². The van der Waals surface area contributed by atoms with E-state index in [-0.39, 0.29) is 24.6 Å². The van der Waals surface area contributed by atoms with Crippen LogP contribution in [0.15, 0.2) is 65.6 Å². The number of rotatable bonds is 8. The van der Waals surface area contributed by atoms with Crippen LogP contribution in [0.3, 0.4) is 0 Å². The minimum Gasteiger partial charge on any atom is -0.493 e. The van der Waals surface area contributed by atoms with Gasteiger partial charge < -0.3 is 19.3 Å². The van der Waals surface area contributed by atoms with Crippen molar-refractivity contribution in [3.8, 4) is 22.9 Å². The number of hydrogen-bond donors (Lipinski definition) is 1. The van der Waals surface area contributed by atoms with Crippen molar-refractivity contribution in [1.82, 2.24) is 4.57 Å². The van der Waals surface area contributed by atoms with Crippen molar-refractivity contribution in [3.63, 3.8) is 0 Å². The molecule has 3 aromatic rings. The van der Waals surface area contributed by atoms with Gasteiger partial charge in [-0.05, 0) is 49.7 Å². The lowest BCUT2D eigenvalue weighted by atomic mass is 10.2. The number of hydrogen-bond acceptors (Lipinski definition) is 5. The monoisotopic (exact) mass is 413 g/mol. The first kappa shape index (κ1) is 21.4. The van der Waals surface area contributed by atoms with Crippen molar-refractivity contribution in [2.45, 2.75) is 26.1 Å². The van der Waals surface area contributed by atoms with Crippen LogP contribution >= 0.6 is 0 Å². The number of pyridine rings is 1. The van der Waals surface area contributed by atoms with Crippen molar-refractivity contribution in [2.24, 2.45) is 0 Å². The lowest BCUT2D eigenvalue weighted by molar-refractivity contribution is 0.0276. The molecule has 1 aromatic heterocycles. The quantitative estimate of drug-likeness (QED) is 0.610. The van der Waals surface area contributed by atoms with E-state index in [1.807, 2.05) is 0 Å². The zero-order chi connectivity index (χ0) is 21.7. The van der Waals surface area contributed by atoms with E-state index in [0.29, 0.717) is 28.5 Å². The van der Waals surface area contributed by atoms with Crippen LogP contribution in [0.2, 0.25) is 0 Å². The topological polar surface area (TPSA) is 69.9 Å². The first-order valence-corrected chi connectivity index (χ1v) is 9.39. The fourth-order valence-electron chi connectivity index (χ4n) is 2.73. The Morgan fingerprint density at radius 2 is 1.83 bits per heavy atom. The maximum Gasteiger partial charge on any atom is 0.255 e. The van der Waals surface area contributed by atoms with Crippen molar-refractivity contribution < 1.29 is 23.7 Å². The zero-order valence-corrected chi connectivity index (χ0v) is 17.1. The van der Waals surface area contributed by atoms with Crippen molar-refractivity contribution >= 4 is 0 Å². The Balaban J connectivity index is 1.76. The third kappa shape index (κ3) is 5.61. The van der Waals surface area contributed by atoms with Crippen LogP contribution in [0.25, 0.3) is 5.69 Å². The van der Waals surface area contributed by atoms with Gasteiger partial charge in [-0.15, -0.1) is 0 Å². The Hall–Kier alpha value is -3.32. The third-order valence-corrected chi connectivity index (χ3v) is 4.19. The highest BCUT2D eigenvalue weighted by Crippen LogP contribution is 2.30. The van der Waals surface area contributed by atoms with E-state index in [4.69, 9.17) is 14.2 Å². The second-order valence-corrected chi connectivity index (χ2v) is 7.43. The molecule has 0 aliphatic rings. The highest BCUT2D eigenvalue weighted by molar-refractivity contribution is 5.49. The third-order valence-electron chi connectivity index (χ3n) is 4.19. The van der Waals surface area contributed by atoms with E-state index in [0.717, 1.165) is 0 Å². The van der Waals surface area contributed by atoms with Crippen molar-refractivity contribution in [2.75, 3.05) is 13.7 Å². The standard InChI is InChI=1S/C23H24FNO5/c1-23(2,27)15-30-20-8-7-18(13-21(20)28-3)25-10-9-16(11-22(25)26)14-29-19-6-4-5-17(24)12-19/h4-13,27H,14-15H2,1-3H3. The number of methoxy groups -OCH3 is 1. The van der Waals surface area contributed by atoms with Crippen LogP contribution in [0.5, 0.6) is 17.2 Å². The first-order chi connectivity index (χ1) is 14.2. The summed E-state index contributed by atoms with van der Waals surface area (Å²) in [5, 5.41) is 9.83. The summed E-state index contributed by atoms with van der Waals surface area (Å²) in [6, 6.07) is 14.2. The van der Waals surface area contributed by atoms with Gasteiger partial charge in [-0.3, -0.25) is 9.36 Å². The minimum absolute atomic E-state index is 0.0999. The van der Waals surface area contributed by atoms with E-state index in [9.17, 15) is 14.3 Å². The molecule has 0 fully saturated rings. The smallest absolute Gasteiger partial charge is 0.255 e. The van der Waals surface area contributed by atoms with Gasteiger partial charge in [0.1, 0.15) is 24.8 Å². The molecule has 158 valence electrons. The zero-order valence-electron chi connectivity index (χ0n) is 17.1. The predicted octanol–water partition coefficient (Wildman–Crippen LogP) is 3.71. The van der Waals surface area contributed by atoms with Gasteiger partial charge in [-0.25, -0.2) is 4.39 Å². The Kier molecular flexibility index (Phi) is 6.42. The summed E-state index contributed by atoms with van der Waals surface area (Å²) in [5.74, 6) is 0.927. The van der Waals surface area contributed by atoms with Gasteiger partial charge in [0.15, 0.2) is 11.5 Å². The summed E-state index contributed by atoms with van der Waals surface area (Å²) in [6.45, 7) is 3.54. The SMILES string of the molecule is COc1cc(-n2ccc(COc3cccc(F)c3)cc2=O)ccc1OCC(C)(C)O. The second kappa shape index (κ2) is 9.00. The molecule has 7 heteroatoms. The molecule has 0 aliphatic carbocycles. The van der Waals surface area contributed by atoms with Crippen molar-refractivity contribution in [1.29, 1.82) is 0 Å². The Bertz CT molecular complexity index is 1070. The fourth-order valence-corrected chi connectivity index (χ4v) is 2.73. The summed E-state index contributed by atoms with van der Waals surface area (Å²) in [7, 11) is 1.51. The summed E-state index contributed by atoms with van der Waals surface area (Å²) in [6.07, 6.45) is 1.64. The number of benzene rings is 2. The molecule has 0 amide bonds. The lowest BCUT2D eigenvalue weighted by Gasteiger charge is -2.19. The fraction of sp³-hybridized carbons (Fsp3) is 0.261. The first-order valence-electron chi connectivity index (χ1n) is 9.39. The predicted molar refractivity (Wildman–Crippen MR) is 111 cm³/mol. The van der Waals surface area contributed by atoms with E-state index in [2.05, 4.69) is 0 Å². The van der Waals surface area contributed by atoms with Crippen LogP contribution in [0.1, 0.15) is 19.4 Å². The summed E-state index contributed by atoms with van der Waals surface area (Å²) < 4.78 is 31.2.